The van der Waals surface area contributed by atoms with E-state index in [4.69, 9.17) is 4.11 Å². The summed E-state index contributed by atoms with van der Waals surface area (Å²) < 4.78 is 25.9. The number of aryl methyl sites for hydroxylation is 1. The SMILES string of the molecule is [2H]C([2H])([2H])C1N(c2ccccc2C)[C@@H](C)C2c3ccccc3C(C)(C3CCCC3)N21. The molecule has 2 nitrogen and oxygen atoms in total. The van der Waals surface area contributed by atoms with Crippen LogP contribution in [-0.4, -0.2) is 17.1 Å². The molecule has 0 spiro atoms. The molecular formula is C25H32N2. The molecule has 2 aliphatic heterocycles. The molecule has 4 atom stereocenters. The molecule has 1 saturated carbocycles. The van der Waals surface area contributed by atoms with Crippen molar-refractivity contribution in [1.29, 1.82) is 0 Å². The molecule has 2 aromatic carbocycles. The first-order valence-corrected chi connectivity index (χ1v) is 10.5. The van der Waals surface area contributed by atoms with E-state index >= 15 is 0 Å². The lowest BCUT2D eigenvalue weighted by atomic mass is 9.78. The van der Waals surface area contributed by atoms with Crippen molar-refractivity contribution in [2.45, 2.75) is 77.1 Å². The highest BCUT2D eigenvalue weighted by Gasteiger charge is 2.59. The van der Waals surface area contributed by atoms with Gasteiger partial charge in [-0.2, -0.15) is 0 Å². The Balaban J connectivity index is 1.74. The largest absolute Gasteiger partial charge is 0.351 e. The Morgan fingerprint density at radius 2 is 1.74 bits per heavy atom. The highest BCUT2D eigenvalue weighted by molar-refractivity contribution is 5.58. The van der Waals surface area contributed by atoms with E-state index in [9.17, 15) is 0 Å². The molecule has 5 rings (SSSR count). The van der Waals surface area contributed by atoms with Gasteiger partial charge in [-0.15, -0.1) is 0 Å². The van der Waals surface area contributed by atoms with E-state index < -0.39 is 13.0 Å². The van der Waals surface area contributed by atoms with Gasteiger partial charge >= 0.3 is 0 Å². The molecule has 0 bridgehead atoms. The average Bonchev–Trinajstić information content (AvgIpc) is 3.39. The van der Waals surface area contributed by atoms with E-state index in [2.05, 4.69) is 67.0 Å². The molecule has 3 unspecified atom stereocenters. The Bertz CT molecular complexity index is 949. The van der Waals surface area contributed by atoms with E-state index in [1.165, 1.54) is 36.8 Å². The van der Waals surface area contributed by atoms with Crippen LogP contribution in [0, 0.1) is 12.8 Å². The molecule has 1 saturated heterocycles. The second-order valence-electron chi connectivity index (χ2n) is 8.88. The molecule has 2 aromatic rings. The van der Waals surface area contributed by atoms with Crippen LogP contribution < -0.4 is 4.90 Å². The highest BCUT2D eigenvalue weighted by atomic mass is 15.5. The maximum atomic E-state index is 8.63. The molecule has 3 aliphatic rings. The summed E-state index contributed by atoms with van der Waals surface area (Å²) in [6.45, 7) is 4.53. The van der Waals surface area contributed by atoms with Gasteiger partial charge < -0.3 is 4.90 Å². The number of hydrogen-bond donors (Lipinski definition) is 0. The number of rotatable bonds is 2. The minimum absolute atomic E-state index is 0.0842. The van der Waals surface area contributed by atoms with E-state index in [-0.39, 0.29) is 17.6 Å². The van der Waals surface area contributed by atoms with E-state index in [0.29, 0.717) is 5.92 Å². The summed E-state index contributed by atoms with van der Waals surface area (Å²) in [5.74, 6) is 0.498. The molecule has 2 heteroatoms. The molecule has 0 N–H and O–H groups in total. The van der Waals surface area contributed by atoms with Gasteiger partial charge in [0.15, 0.2) is 0 Å². The maximum Gasteiger partial charge on any atom is 0.0809 e. The summed E-state index contributed by atoms with van der Waals surface area (Å²) >= 11 is 0. The lowest BCUT2D eigenvalue weighted by Gasteiger charge is -2.44. The van der Waals surface area contributed by atoms with Crippen LogP contribution in [0.1, 0.15) is 73.2 Å². The van der Waals surface area contributed by atoms with Gasteiger partial charge in [0.25, 0.3) is 0 Å². The predicted octanol–water partition coefficient (Wildman–Crippen LogP) is 6.01. The van der Waals surface area contributed by atoms with E-state index in [1.54, 1.807) is 0 Å². The zero-order valence-corrected chi connectivity index (χ0v) is 16.7. The third kappa shape index (κ3) is 2.23. The first-order valence-electron chi connectivity index (χ1n) is 12.0. The summed E-state index contributed by atoms with van der Waals surface area (Å²) in [5, 5.41) is 0. The molecule has 0 aromatic heterocycles. The Hall–Kier alpha value is -1.80. The second-order valence-corrected chi connectivity index (χ2v) is 8.88. The first-order chi connectivity index (χ1) is 14.3. The number of hydrogen-bond acceptors (Lipinski definition) is 2. The van der Waals surface area contributed by atoms with Crippen LogP contribution in [0.5, 0.6) is 0 Å². The fraction of sp³-hybridized carbons (Fsp3) is 0.520. The monoisotopic (exact) mass is 363 g/mol. The molecule has 1 aliphatic carbocycles. The number of fused-ring (bicyclic) bond motifs is 3. The van der Waals surface area contributed by atoms with Gasteiger partial charge in [-0.05, 0) is 69.1 Å². The van der Waals surface area contributed by atoms with Crippen LogP contribution in [0.15, 0.2) is 48.5 Å². The van der Waals surface area contributed by atoms with Gasteiger partial charge in [0, 0.05) is 21.4 Å². The number of benzene rings is 2. The smallest absolute Gasteiger partial charge is 0.0809 e. The van der Waals surface area contributed by atoms with Crippen LogP contribution in [0.2, 0.25) is 0 Å². The quantitative estimate of drug-likeness (QED) is 0.644. The normalized spacial score (nSPS) is 35.6. The van der Waals surface area contributed by atoms with Gasteiger partial charge in [-0.25, -0.2) is 0 Å². The lowest BCUT2D eigenvalue weighted by molar-refractivity contribution is 0.0269. The molecule has 0 radical (unpaired) electrons. The fourth-order valence-electron chi connectivity index (χ4n) is 6.32. The predicted molar refractivity (Wildman–Crippen MR) is 113 cm³/mol. The first kappa shape index (κ1) is 14.2. The molecule has 142 valence electrons. The van der Waals surface area contributed by atoms with Gasteiger partial charge in [0.1, 0.15) is 0 Å². The summed E-state index contributed by atoms with van der Waals surface area (Å²) in [6, 6.07) is 17.2. The van der Waals surface area contributed by atoms with Crippen molar-refractivity contribution < 1.29 is 4.11 Å². The van der Waals surface area contributed by atoms with Gasteiger partial charge in [0.05, 0.1) is 12.2 Å². The van der Waals surface area contributed by atoms with Gasteiger partial charge in [-0.1, -0.05) is 55.3 Å². The molecule has 2 fully saturated rings. The van der Waals surface area contributed by atoms with Crippen LogP contribution in [0.4, 0.5) is 5.69 Å². The highest BCUT2D eigenvalue weighted by Crippen LogP contribution is 2.59. The van der Waals surface area contributed by atoms with Crippen LogP contribution in [-0.2, 0) is 5.54 Å². The van der Waals surface area contributed by atoms with Crippen molar-refractivity contribution in [3.8, 4) is 0 Å². The van der Waals surface area contributed by atoms with Crippen LogP contribution in [0.25, 0.3) is 0 Å². The van der Waals surface area contributed by atoms with Crippen molar-refractivity contribution in [2.75, 3.05) is 4.90 Å². The Morgan fingerprint density at radius 1 is 1.04 bits per heavy atom. The Kier molecular flexibility index (Phi) is 3.22. The van der Waals surface area contributed by atoms with E-state index in [0.717, 1.165) is 11.3 Å². The van der Waals surface area contributed by atoms with Crippen molar-refractivity contribution in [1.82, 2.24) is 4.90 Å². The minimum Gasteiger partial charge on any atom is -0.351 e. The summed E-state index contributed by atoms with van der Waals surface area (Å²) in [4.78, 5) is 4.61. The topological polar surface area (TPSA) is 6.48 Å². The maximum absolute atomic E-state index is 8.63. The second kappa shape index (κ2) is 6.10. The van der Waals surface area contributed by atoms with Crippen LogP contribution in [0.3, 0.4) is 0 Å². The van der Waals surface area contributed by atoms with Crippen molar-refractivity contribution in [3.63, 3.8) is 0 Å². The Morgan fingerprint density at radius 3 is 2.48 bits per heavy atom. The van der Waals surface area contributed by atoms with Gasteiger partial charge in [0.2, 0.25) is 0 Å². The number of nitrogens with zero attached hydrogens (tertiary/aromatic N) is 2. The third-order valence-electron chi connectivity index (χ3n) is 7.63. The fourth-order valence-corrected chi connectivity index (χ4v) is 6.32. The molecule has 27 heavy (non-hydrogen) atoms. The van der Waals surface area contributed by atoms with Crippen LogP contribution >= 0.6 is 0 Å². The minimum atomic E-state index is -2.10. The zero-order chi connectivity index (χ0) is 21.3. The Labute approximate surface area is 168 Å². The summed E-state index contributed by atoms with van der Waals surface area (Å²) in [5.41, 5.74) is 4.61. The van der Waals surface area contributed by atoms with Crippen molar-refractivity contribution >= 4 is 5.69 Å². The average molecular weight is 364 g/mol. The standard InChI is InChI=1S/C25H32N2/c1-17-11-5-10-16-23(17)26-18(2)24-21-14-8-9-15-22(21)25(4,27(24)19(26)3)20-12-6-7-13-20/h5,8-11,14-16,18-20,24H,6-7,12-13H2,1-4H3/t18-,19?,24?,25?/m0/s1/i3D3. The van der Waals surface area contributed by atoms with Gasteiger partial charge in [-0.3, -0.25) is 4.90 Å². The van der Waals surface area contributed by atoms with E-state index in [1.807, 2.05) is 12.1 Å². The zero-order valence-electron chi connectivity index (χ0n) is 19.7. The molecule has 0 amide bonds. The summed E-state index contributed by atoms with van der Waals surface area (Å²) in [7, 11) is 0. The lowest BCUT2D eigenvalue weighted by Crippen LogP contribution is -2.50. The third-order valence-corrected chi connectivity index (χ3v) is 7.63. The number of para-hydroxylation sites is 1. The number of anilines is 1. The molecule has 2 heterocycles. The van der Waals surface area contributed by atoms with Crippen molar-refractivity contribution in [3.05, 3.63) is 65.2 Å². The molecular weight excluding hydrogens is 328 g/mol. The van der Waals surface area contributed by atoms with Crippen molar-refractivity contribution in [2.24, 2.45) is 5.92 Å². The summed E-state index contributed by atoms with van der Waals surface area (Å²) in [6.07, 6.45) is 4.23.